The first-order chi connectivity index (χ1) is 6.85. The van der Waals surface area contributed by atoms with Gasteiger partial charge in [-0.2, -0.15) is 0 Å². The Morgan fingerprint density at radius 2 is 1.87 bits per heavy atom. The van der Waals surface area contributed by atoms with Crippen LogP contribution in [0.1, 0.15) is 20.8 Å². The number of nitrogens with one attached hydrogen (secondary N) is 2. The maximum Gasteiger partial charge on any atom is 0.241 e. The predicted molar refractivity (Wildman–Crippen MR) is 59.5 cm³/mol. The van der Waals surface area contributed by atoms with Crippen LogP contribution in [0.4, 0.5) is 0 Å². The molecule has 0 saturated carbocycles. The molecule has 5 nitrogen and oxygen atoms in total. The maximum absolute atomic E-state index is 11.6. The van der Waals surface area contributed by atoms with Crippen molar-refractivity contribution in [3.8, 4) is 0 Å². The van der Waals surface area contributed by atoms with Crippen molar-refractivity contribution in [1.82, 2.24) is 15.5 Å². The van der Waals surface area contributed by atoms with Crippen molar-refractivity contribution in [3.05, 3.63) is 0 Å². The van der Waals surface area contributed by atoms with Gasteiger partial charge in [0, 0.05) is 13.6 Å². The van der Waals surface area contributed by atoms with E-state index in [0.717, 1.165) is 0 Å². The molecule has 0 unspecified atom stereocenters. The molecule has 0 fully saturated rings. The molecule has 0 aliphatic heterocycles. The van der Waals surface area contributed by atoms with Gasteiger partial charge in [0.25, 0.3) is 0 Å². The fraction of sp³-hybridized carbons (Fsp3) is 0.800. The van der Waals surface area contributed by atoms with E-state index in [2.05, 4.69) is 10.6 Å². The van der Waals surface area contributed by atoms with Crippen LogP contribution in [0.25, 0.3) is 0 Å². The van der Waals surface area contributed by atoms with Crippen LogP contribution in [0.2, 0.25) is 0 Å². The highest BCUT2D eigenvalue weighted by Crippen LogP contribution is 1.99. The Morgan fingerprint density at radius 3 is 2.27 bits per heavy atom. The second-order valence-corrected chi connectivity index (χ2v) is 3.97. The van der Waals surface area contributed by atoms with Crippen molar-refractivity contribution in [2.24, 2.45) is 0 Å². The highest BCUT2D eigenvalue weighted by atomic mass is 16.2. The van der Waals surface area contributed by atoms with Crippen LogP contribution in [-0.4, -0.2) is 49.4 Å². The SMILES string of the molecule is CCN(C)C(=O)CNC(=O)C(C)(C)NC. The molecule has 0 radical (unpaired) electrons. The molecule has 0 aromatic carbocycles. The molecule has 0 aliphatic carbocycles. The Balaban J connectivity index is 4.07. The minimum absolute atomic E-state index is 0.0499. The summed E-state index contributed by atoms with van der Waals surface area (Å²) in [6, 6.07) is 0. The molecule has 2 N–H and O–H groups in total. The number of hydrogen-bond donors (Lipinski definition) is 2. The lowest BCUT2D eigenvalue weighted by Crippen LogP contribution is -2.53. The normalized spacial score (nSPS) is 11.0. The number of carbonyl (C=O) groups excluding carboxylic acids is 2. The quantitative estimate of drug-likeness (QED) is 0.655. The molecule has 0 aliphatic rings. The zero-order valence-corrected chi connectivity index (χ0v) is 10.2. The van der Waals surface area contributed by atoms with E-state index in [1.165, 1.54) is 0 Å². The zero-order chi connectivity index (χ0) is 12.1. The van der Waals surface area contributed by atoms with Gasteiger partial charge >= 0.3 is 0 Å². The summed E-state index contributed by atoms with van der Waals surface area (Å²) in [5.74, 6) is -0.263. The molecule has 0 heterocycles. The zero-order valence-electron chi connectivity index (χ0n) is 10.2. The van der Waals surface area contributed by atoms with E-state index < -0.39 is 5.54 Å². The number of amides is 2. The monoisotopic (exact) mass is 215 g/mol. The van der Waals surface area contributed by atoms with Gasteiger partial charge in [0.2, 0.25) is 11.8 Å². The number of nitrogens with zero attached hydrogens (tertiary/aromatic N) is 1. The fourth-order valence-corrected chi connectivity index (χ4v) is 0.802. The number of hydrogen-bond acceptors (Lipinski definition) is 3. The average molecular weight is 215 g/mol. The van der Waals surface area contributed by atoms with Crippen LogP contribution in [0.3, 0.4) is 0 Å². The summed E-state index contributed by atoms with van der Waals surface area (Å²) in [6.45, 7) is 6.10. The van der Waals surface area contributed by atoms with E-state index in [1.807, 2.05) is 6.92 Å². The molecule has 0 spiro atoms. The van der Waals surface area contributed by atoms with Crippen LogP contribution in [0, 0.1) is 0 Å². The second kappa shape index (κ2) is 5.70. The van der Waals surface area contributed by atoms with Crippen LogP contribution in [0.15, 0.2) is 0 Å². The minimum atomic E-state index is -0.648. The first kappa shape index (κ1) is 13.9. The largest absolute Gasteiger partial charge is 0.345 e. The number of rotatable bonds is 5. The standard InChI is InChI=1S/C10H21N3O2/c1-6-13(5)8(14)7-12-9(15)10(2,3)11-4/h11H,6-7H2,1-5H3,(H,12,15). The van der Waals surface area contributed by atoms with Crippen LogP contribution < -0.4 is 10.6 Å². The predicted octanol–water partition coefficient (Wildman–Crippen LogP) is -0.421. The molecular weight excluding hydrogens is 194 g/mol. The first-order valence-corrected chi connectivity index (χ1v) is 5.06. The molecule has 0 atom stereocenters. The van der Waals surface area contributed by atoms with Crippen molar-refractivity contribution >= 4 is 11.8 Å². The van der Waals surface area contributed by atoms with Crippen LogP contribution >= 0.6 is 0 Å². The Labute approximate surface area is 91.2 Å². The molecular formula is C10H21N3O2. The number of carbonyl (C=O) groups is 2. The summed E-state index contributed by atoms with van der Waals surface area (Å²) in [5, 5.41) is 5.47. The van der Waals surface area contributed by atoms with Crippen molar-refractivity contribution in [3.63, 3.8) is 0 Å². The van der Waals surface area contributed by atoms with Gasteiger partial charge in [-0.05, 0) is 27.8 Å². The van der Waals surface area contributed by atoms with E-state index in [0.29, 0.717) is 6.54 Å². The summed E-state index contributed by atoms with van der Waals surface area (Å²) in [7, 11) is 3.41. The third kappa shape index (κ3) is 4.29. The summed E-state index contributed by atoms with van der Waals surface area (Å²) >= 11 is 0. The van der Waals surface area contributed by atoms with Crippen molar-refractivity contribution in [2.45, 2.75) is 26.3 Å². The Hall–Kier alpha value is -1.10. The van der Waals surface area contributed by atoms with Crippen molar-refractivity contribution in [1.29, 1.82) is 0 Å². The fourth-order valence-electron chi connectivity index (χ4n) is 0.802. The van der Waals surface area contributed by atoms with E-state index >= 15 is 0 Å². The van der Waals surface area contributed by atoms with Crippen molar-refractivity contribution in [2.75, 3.05) is 27.2 Å². The van der Waals surface area contributed by atoms with E-state index in [4.69, 9.17) is 0 Å². The maximum atomic E-state index is 11.6. The van der Waals surface area contributed by atoms with Crippen molar-refractivity contribution < 1.29 is 9.59 Å². The van der Waals surface area contributed by atoms with Crippen LogP contribution in [-0.2, 0) is 9.59 Å². The second-order valence-electron chi connectivity index (χ2n) is 3.97. The van der Waals surface area contributed by atoms with Gasteiger partial charge in [0.05, 0.1) is 12.1 Å². The molecule has 0 aromatic heterocycles. The molecule has 0 aromatic rings. The molecule has 2 amide bonds. The molecule has 0 bridgehead atoms. The highest BCUT2D eigenvalue weighted by Gasteiger charge is 2.25. The Kier molecular flexibility index (Phi) is 5.28. The highest BCUT2D eigenvalue weighted by molar-refractivity contribution is 5.89. The number of likely N-dealkylation sites (N-methyl/N-ethyl adjacent to an activating group) is 2. The smallest absolute Gasteiger partial charge is 0.241 e. The summed E-state index contributed by atoms with van der Waals surface area (Å²) in [4.78, 5) is 24.5. The summed E-state index contributed by atoms with van der Waals surface area (Å²) in [5.41, 5.74) is -0.648. The van der Waals surface area contributed by atoms with E-state index in [1.54, 1.807) is 32.8 Å². The lowest BCUT2D eigenvalue weighted by molar-refractivity contribution is -0.133. The Bertz CT molecular complexity index is 239. The molecule has 0 saturated heterocycles. The van der Waals surface area contributed by atoms with Crippen LogP contribution in [0.5, 0.6) is 0 Å². The van der Waals surface area contributed by atoms with Gasteiger partial charge in [0.1, 0.15) is 0 Å². The lowest BCUT2D eigenvalue weighted by atomic mass is 10.1. The third-order valence-electron chi connectivity index (χ3n) is 2.49. The topological polar surface area (TPSA) is 61.4 Å². The van der Waals surface area contributed by atoms with Gasteiger partial charge in [-0.1, -0.05) is 0 Å². The summed E-state index contributed by atoms with van der Waals surface area (Å²) < 4.78 is 0. The molecule has 5 heteroatoms. The third-order valence-corrected chi connectivity index (χ3v) is 2.49. The Morgan fingerprint density at radius 1 is 1.33 bits per heavy atom. The van der Waals surface area contributed by atoms with E-state index in [-0.39, 0.29) is 18.4 Å². The van der Waals surface area contributed by atoms with Gasteiger partial charge in [-0.15, -0.1) is 0 Å². The minimum Gasteiger partial charge on any atom is -0.345 e. The van der Waals surface area contributed by atoms with Gasteiger partial charge < -0.3 is 15.5 Å². The van der Waals surface area contributed by atoms with Gasteiger partial charge in [-0.3, -0.25) is 9.59 Å². The van der Waals surface area contributed by atoms with Gasteiger partial charge in [-0.25, -0.2) is 0 Å². The average Bonchev–Trinajstić information content (AvgIpc) is 2.23. The first-order valence-electron chi connectivity index (χ1n) is 5.06. The summed E-state index contributed by atoms with van der Waals surface area (Å²) in [6.07, 6.45) is 0. The lowest BCUT2D eigenvalue weighted by Gasteiger charge is -2.23. The van der Waals surface area contributed by atoms with Gasteiger partial charge in [0.15, 0.2) is 0 Å². The molecule has 0 rings (SSSR count). The molecule has 88 valence electrons. The van der Waals surface area contributed by atoms with E-state index in [9.17, 15) is 9.59 Å². The molecule has 15 heavy (non-hydrogen) atoms.